The molecular weight excluding hydrogens is 306 g/mol. The van der Waals surface area contributed by atoms with Crippen molar-refractivity contribution >= 4 is 21.8 Å². The maximum atomic E-state index is 13.7. The molecule has 98 valence electrons. The minimum absolute atomic E-state index is 0.0187. The van der Waals surface area contributed by atoms with Crippen LogP contribution in [0.4, 0.5) is 8.78 Å². The maximum Gasteiger partial charge on any atom is 0.257 e. The average Bonchev–Trinajstić information content (AvgIpc) is 2.33. The highest BCUT2D eigenvalue weighted by Crippen LogP contribution is 2.21. The second-order valence-corrected chi connectivity index (χ2v) is 5.21. The van der Waals surface area contributed by atoms with Crippen LogP contribution in [0.1, 0.15) is 17.3 Å². The molecule has 1 aliphatic heterocycles. The number of piperazine rings is 1. The molecule has 2 rings (SSSR count). The lowest BCUT2D eigenvalue weighted by molar-refractivity contribution is 0.0703. The summed E-state index contributed by atoms with van der Waals surface area (Å²) >= 11 is 2.88. The lowest BCUT2D eigenvalue weighted by Gasteiger charge is -2.32. The number of hydrogen-bond donors (Lipinski definition) is 1. The van der Waals surface area contributed by atoms with E-state index in [1.807, 2.05) is 6.92 Å². The maximum absolute atomic E-state index is 13.7. The van der Waals surface area contributed by atoms with E-state index < -0.39 is 17.5 Å². The standard InChI is InChI=1S/C12H13BrF2N2O/c1-7-6-17(3-2-16-7)12(18)8-4-11(15)9(13)5-10(8)14/h4-5,7,16H,2-3,6H2,1H3/t7-/m0/s1. The fraction of sp³-hybridized carbons (Fsp3) is 0.417. The predicted octanol–water partition coefficient (Wildman–Crippen LogP) is 2.16. The summed E-state index contributed by atoms with van der Waals surface area (Å²) in [5.74, 6) is -1.81. The fourth-order valence-electron chi connectivity index (χ4n) is 1.97. The molecule has 1 amide bonds. The summed E-state index contributed by atoms with van der Waals surface area (Å²) < 4.78 is 27.1. The first-order chi connectivity index (χ1) is 8.49. The first-order valence-corrected chi connectivity index (χ1v) is 6.45. The zero-order valence-electron chi connectivity index (χ0n) is 9.84. The normalized spacial score (nSPS) is 20.0. The summed E-state index contributed by atoms with van der Waals surface area (Å²) in [6.07, 6.45) is 0. The lowest BCUT2D eigenvalue weighted by atomic mass is 10.1. The van der Waals surface area contributed by atoms with Gasteiger partial charge in [-0.05, 0) is 35.0 Å². The SMILES string of the molecule is C[C@H]1CN(C(=O)c2cc(F)c(Br)cc2F)CCN1. The predicted molar refractivity (Wildman–Crippen MR) is 67.4 cm³/mol. The Labute approximate surface area is 112 Å². The summed E-state index contributed by atoms with van der Waals surface area (Å²) in [6, 6.07) is 2.08. The lowest BCUT2D eigenvalue weighted by Crippen LogP contribution is -2.51. The second-order valence-electron chi connectivity index (χ2n) is 4.35. The average molecular weight is 319 g/mol. The molecule has 0 radical (unpaired) electrons. The number of nitrogens with zero attached hydrogens (tertiary/aromatic N) is 1. The molecule has 18 heavy (non-hydrogen) atoms. The van der Waals surface area contributed by atoms with Crippen molar-refractivity contribution in [1.29, 1.82) is 0 Å². The Bertz CT molecular complexity index is 481. The van der Waals surface area contributed by atoms with Gasteiger partial charge in [-0.15, -0.1) is 0 Å². The van der Waals surface area contributed by atoms with Crippen LogP contribution in [-0.2, 0) is 0 Å². The van der Waals surface area contributed by atoms with Crippen molar-refractivity contribution in [1.82, 2.24) is 10.2 Å². The summed E-state index contributed by atoms with van der Waals surface area (Å²) in [4.78, 5) is 13.6. The Balaban J connectivity index is 2.25. The Kier molecular flexibility index (Phi) is 3.97. The quantitative estimate of drug-likeness (QED) is 0.805. The summed E-state index contributed by atoms with van der Waals surface area (Å²) in [7, 11) is 0. The molecule has 1 aliphatic rings. The van der Waals surface area contributed by atoms with Gasteiger partial charge >= 0.3 is 0 Å². The van der Waals surface area contributed by atoms with Gasteiger partial charge in [0.25, 0.3) is 5.91 Å². The van der Waals surface area contributed by atoms with Gasteiger partial charge in [-0.25, -0.2) is 8.78 Å². The van der Waals surface area contributed by atoms with Gasteiger partial charge in [-0.3, -0.25) is 4.79 Å². The van der Waals surface area contributed by atoms with Crippen molar-refractivity contribution in [3.8, 4) is 0 Å². The largest absolute Gasteiger partial charge is 0.336 e. The molecule has 6 heteroatoms. The number of halogens is 3. The monoisotopic (exact) mass is 318 g/mol. The number of rotatable bonds is 1. The second kappa shape index (κ2) is 5.32. The highest BCUT2D eigenvalue weighted by Gasteiger charge is 2.24. The van der Waals surface area contributed by atoms with Crippen LogP contribution in [0.5, 0.6) is 0 Å². The van der Waals surface area contributed by atoms with Crippen molar-refractivity contribution in [2.45, 2.75) is 13.0 Å². The van der Waals surface area contributed by atoms with Crippen LogP contribution in [0.15, 0.2) is 16.6 Å². The first kappa shape index (κ1) is 13.4. The Morgan fingerprint density at radius 3 is 2.83 bits per heavy atom. The van der Waals surface area contributed by atoms with Crippen molar-refractivity contribution < 1.29 is 13.6 Å². The van der Waals surface area contributed by atoms with Gasteiger partial charge < -0.3 is 10.2 Å². The molecule has 0 bridgehead atoms. The minimum Gasteiger partial charge on any atom is -0.336 e. The number of amides is 1. The van der Waals surface area contributed by atoms with Gasteiger partial charge in [0.05, 0.1) is 10.0 Å². The van der Waals surface area contributed by atoms with Gasteiger partial charge in [-0.1, -0.05) is 0 Å². The molecule has 1 aromatic rings. The topological polar surface area (TPSA) is 32.3 Å². The number of nitrogens with one attached hydrogen (secondary N) is 1. The first-order valence-electron chi connectivity index (χ1n) is 5.66. The van der Waals surface area contributed by atoms with Gasteiger partial charge in [0.2, 0.25) is 0 Å². The Hall–Kier alpha value is -1.01. The van der Waals surface area contributed by atoms with Crippen LogP contribution >= 0.6 is 15.9 Å². The minimum atomic E-state index is -0.709. The van der Waals surface area contributed by atoms with Crippen molar-refractivity contribution in [2.24, 2.45) is 0 Å². The van der Waals surface area contributed by atoms with Crippen LogP contribution in [-0.4, -0.2) is 36.5 Å². The Morgan fingerprint density at radius 2 is 2.17 bits per heavy atom. The third-order valence-corrected chi connectivity index (χ3v) is 3.50. The molecule has 1 atom stereocenters. The van der Waals surface area contributed by atoms with Crippen molar-refractivity contribution in [3.63, 3.8) is 0 Å². The molecule has 1 aromatic carbocycles. The van der Waals surface area contributed by atoms with Crippen LogP contribution in [0.25, 0.3) is 0 Å². The van der Waals surface area contributed by atoms with E-state index in [1.54, 1.807) is 0 Å². The van der Waals surface area contributed by atoms with Crippen molar-refractivity contribution in [2.75, 3.05) is 19.6 Å². The van der Waals surface area contributed by atoms with Crippen LogP contribution in [0.3, 0.4) is 0 Å². The highest BCUT2D eigenvalue weighted by molar-refractivity contribution is 9.10. The third-order valence-electron chi connectivity index (χ3n) is 2.90. The van der Waals surface area contributed by atoms with Gasteiger partial charge in [0, 0.05) is 25.7 Å². The number of carbonyl (C=O) groups is 1. The summed E-state index contributed by atoms with van der Waals surface area (Å²) in [5, 5.41) is 3.18. The van der Waals surface area contributed by atoms with E-state index in [0.29, 0.717) is 19.6 Å². The zero-order valence-corrected chi connectivity index (χ0v) is 11.4. The summed E-state index contributed by atoms with van der Waals surface area (Å²) in [6.45, 7) is 3.60. The molecule has 1 heterocycles. The van der Waals surface area contributed by atoms with E-state index >= 15 is 0 Å². The Morgan fingerprint density at radius 1 is 1.44 bits per heavy atom. The zero-order chi connectivity index (χ0) is 13.3. The molecular formula is C12H13BrF2N2O. The van der Waals surface area contributed by atoms with Crippen molar-refractivity contribution in [3.05, 3.63) is 33.8 Å². The fourth-order valence-corrected chi connectivity index (χ4v) is 2.29. The van der Waals surface area contributed by atoms with E-state index in [0.717, 1.165) is 12.1 Å². The molecule has 0 aromatic heterocycles. The molecule has 1 N–H and O–H groups in total. The number of carbonyl (C=O) groups excluding carboxylic acids is 1. The van der Waals surface area contributed by atoms with Crippen LogP contribution in [0, 0.1) is 11.6 Å². The van der Waals surface area contributed by atoms with Gasteiger partial charge in [0.1, 0.15) is 11.6 Å². The van der Waals surface area contributed by atoms with E-state index in [-0.39, 0.29) is 16.1 Å². The van der Waals surface area contributed by atoms with Gasteiger partial charge in [0.15, 0.2) is 0 Å². The third kappa shape index (κ3) is 2.70. The smallest absolute Gasteiger partial charge is 0.257 e. The van der Waals surface area contributed by atoms with Crippen LogP contribution in [0.2, 0.25) is 0 Å². The molecule has 0 spiro atoms. The van der Waals surface area contributed by atoms with Gasteiger partial charge in [-0.2, -0.15) is 0 Å². The summed E-state index contributed by atoms with van der Waals surface area (Å²) in [5.41, 5.74) is -0.218. The number of hydrogen-bond acceptors (Lipinski definition) is 2. The van der Waals surface area contributed by atoms with E-state index in [4.69, 9.17) is 0 Å². The number of benzene rings is 1. The molecule has 1 saturated heterocycles. The molecule has 1 fully saturated rings. The van der Waals surface area contributed by atoms with Crippen LogP contribution < -0.4 is 5.32 Å². The molecule has 3 nitrogen and oxygen atoms in total. The highest BCUT2D eigenvalue weighted by atomic mass is 79.9. The van der Waals surface area contributed by atoms with E-state index in [2.05, 4.69) is 21.2 Å². The molecule has 0 unspecified atom stereocenters. The van der Waals surface area contributed by atoms with E-state index in [9.17, 15) is 13.6 Å². The van der Waals surface area contributed by atoms with E-state index in [1.165, 1.54) is 4.90 Å². The molecule has 0 aliphatic carbocycles. The molecule has 0 saturated carbocycles.